The minimum absolute atomic E-state index is 0.0439. The summed E-state index contributed by atoms with van der Waals surface area (Å²) in [5.41, 5.74) is 1.33. The Morgan fingerprint density at radius 3 is 2.19 bits per heavy atom. The first kappa shape index (κ1) is 19.5. The molecule has 1 atom stereocenters. The van der Waals surface area contributed by atoms with Gasteiger partial charge in [-0.15, -0.1) is 0 Å². The molecule has 0 aromatic heterocycles. The monoisotopic (exact) mass is 354 g/mol. The van der Waals surface area contributed by atoms with Gasteiger partial charge in [-0.2, -0.15) is 0 Å². The van der Waals surface area contributed by atoms with E-state index in [4.69, 9.17) is 4.74 Å². The highest BCUT2D eigenvalue weighted by molar-refractivity contribution is 6.10. The largest absolute Gasteiger partial charge is 0.490 e. The predicted molar refractivity (Wildman–Crippen MR) is 104 cm³/mol. The Bertz CT molecular complexity index is 771. The molecule has 2 aromatic rings. The summed E-state index contributed by atoms with van der Waals surface area (Å²) in [6.07, 6.45) is 0.790. The number of carbonyl (C=O) groups is 2. The van der Waals surface area contributed by atoms with Crippen LogP contribution in [0, 0.1) is 0 Å². The molecule has 2 aromatic carbocycles. The van der Waals surface area contributed by atoms with Crippen LogP contribution in [0.4, 0.5) is 5.69 Å². The molecule has 138 valence electrons. The van der Waals surface area contributed by atoms with Crippen LogP contribution in [-0.2, 0) is 0 Å². The van der Waals surface area contributed by atoms with Crippen molar-refractivity contribution < 1.29 is 14.3 Å². The van der Waals surface area contributed by atoms with E-state index in [9.17, 15) is 9.59 Å². The van der Waals surface area contributed by atoms with Crippen LogP contribution < -0.4 is 15.4 Å². The van der Waals surface area contributed by atoms with Gasteiger partial charge >= 0.3 is 0 Å². The topological polar surface area (TPSA) is 67.4 Å². The second kappa shape index (κ2) is 9.04. The summed E-state index contributed by atoms with van der Waals surface area (Å²) in [6, 6.07) is 14.1. The van der Waals surface area contributed by atoms with Gasteiger partial charge in [-0.05, 0) is 51.5 Å². The van der Waals surface area contributed by atoms with Gasteiger partial charge in [-0.1, -0.05) is 31.2 Å². The number of rotatable bonds is 7. The highest BCUT2D eigenvalue weighted by atomic mass is 16.5. The zero-order chi connectivity index (χ0) is 19.1. The maximum Gasteiger partial charge on any atom is 0.259 e. The number of nitrogens with one attached hydrogen (secondary N) is 2. The number of amides is 2. The second-order valence-corrected chi connectivity index (χ2v) is 6.45. The lowest BCUT2D eigenvalue weighted by molar-refractivity contribution is 0.0940. The molecule has 0 heterocycles. The molecule has 0 unspecified atom stereocenters. The van der Waals surface area contributed by atoms with Crippen LogP contribution in [0.2, 0.25) is 0 Å². The first-order chi connectivity index (χ1) is 12.4. The van der Waals surface area contributed by atoms with Gasteiger partial charge in [0.25, 0.3) is 11.8 Å². The number of hydrogen-bond donors (Lipinski definition) is 2. The summed E-state index contributed by atoms with van der Waals surface area (Å²) in [5, 5.41) is 5.75. The molecule has 5 nitrogen and oxygen atoms in total. The molecular formula is C21H26N2O3. The Morgan fingerprint density at radius 1 is 0.923 bits per heavy atom. The van der Waals surface area contributed by atoms with Gasteiger partial charge < -0.3 is 15.4 Å². The van der Waals surface area contributed by atoms with E-state index in [-0.39, 0.29) is 24.0 Å². The lowest BCUT2D eigenvalue weighted by Gasteiger charge is -2.16. The molecule has 0 fully saturated rings. The average Bonchev–Trinajstić information content (AvgIpc) is 2.61. The number of carbonyl (C=O) groups excluding carboxylic acids is 2. The van der Waals surface area contributed by atoms with Gasteiger partial charge in [0.2, 0.25) is 0 Å². The fourth-order valence-corrected chi connectivity index (χ4v) is 2.39. The van der Waals surface area contributed by atoms with Crippen molar-refractivity contribution in [2.75, 3.05) is 5.32 Å². The lowest BCUT2D eigenvalue weighted by atomic mass is 10.1. The maximum absolute atomic E-state index is 12.7. The Hall–Kier alpha value is -2.82. The van der Waals surface area contributed by atoms with Crippen molar-refractivity contribution in [1.29, 1.82) is 0 Å². The minimum Gasteiger partial charge on any atom is -0.490 e. The number of anilines is 1. The summed E-state index contributed by atoms with van der Waals surface area (Å²) < 4.78 is 5.71. The van der Waals surface area contributed by atoms with Crippen LogP contribution in [0.1, 0.15) is 54.8 Å². The van der Waals surface area contributed by atoms with Gasteiger partial charge in [0.05, 0.1) is 22.9 Å². The summed E-state index contributed by atoms with van der Waals surface area (Å²) in [4.78, 5) is 25.2. The van der Waals surface area contributed by atoms with E-state index in [0.717, 1.165) is 6.42 Å². The predicted octanol–water partition coefficient (Wildman–Crippen LogP) is 4.25. The standard InChI is InChI=1S/C21H26N2O3/c1-5-15(4)22-20(24)16-10-6-8-12-18(16)23-21(25)17-11-7-9-13-19(17)26-14(2)3/h6-15H,5H2,1-4H3,(H,22,24)(H,23,25)/t15-/m0/s1. The smallest absolute Gasteiger partial charge is 0.259 e. The normalized spacial score (nSPS) is 11.7. The molecule has 0 spiro atoms. The van der Waals surface area contributed by atoms with E-state index in [2.05, 4.69) is 10.6 Å². The van der Waals surface area contributed by atoms with E-state index in [1.807, 2.05) is 33.8 Å². The van der Waals surface area contributed by atoms with Crippen molar-refractivity contribution in [3.63, 3.8) is 0 Å². The molecule has 0 aliphatic rings. The molecule has 5 heteroatoms. The Balaban J connectivity index is 2.24. The molecule has 0 aliphatic carbocycles. The van der Waals surface area contributed by atoms with Crippen LogP contribution in [0.15, 0.2) is 48.5 Å². The van der Waals surface area contributed by atoms with Gasteiger partial charge in [-0.25, -0.2) is 0 Å². The molecule has 0 saturated heterocycles. The molecule has 0 saturated carbocycles. The number of hydrogen-bond acceptors (Lipinski definition) is 3. The molecule has 2 N–H and O–H groups in total. The van der Waals surface area contributed by atoms with Crippen molar-refractivity contribution in [3.8, 4) is 5.75 Å². The molecular weight excluding hydrogens is 328 g/mol. The lowest BCUT2D eigenvalue weighted by Crippen LogP contribution is -2.32. The summed E-state index contributed by atoms with van der Waals surface area (Å²) in [6.45, 7) is 7.76. The Labute approximate surface area is 154 Å². The van der Waals surface area contributed by atoms with E-state index >= 15 is 0 Å². The highest BCUT2D eigenvalue weighted by Gasteiger charge is 2.17. The molecule has 26 heavy (non-hydrogen) atoms. The van der Waals surface area contributed by atoms with Gasteiger partial charge in [-0.3, -0.25) is 9.59 Å². The third kappa shape index (κ3) is 5.09. The van der Waals surface area contributed by atoms with Crippen LogP contribution >= 0.6 is 0 Å². The van der Waals surface area contributed by atoms with Crippen LogP contribution in [-0.4, -0.2) is 24.0 Å². The fourth-order valence-electron chi connectivity index (χ4n) is 2.39. The Kier molecular flexibility index (Phi) is 6.78. The van der Waals surface area contributed by atoms with E-state index in [1.165, 1.54) is 0 Å². The molecule has 0 bridgehead atoms. The molecule has 0 radical (unpaired) electrons. The molecule has 0 aliphatic heterocycles. The first-order valence-corrected chi connectivity index (χ1v) is 8.89. The van der Waals surface area contributed by atoms with E-state index < -0.39 is 0 Å². The van der Waals surface area contributed by atoms with Gasteiger partial charge in [0.1, 0.15) is 5.75 Å². The zero-order valence-corrected chi connectivity index (χ0v) is 15.7. The zero-order valence-electron chi connectivity index (χ0n) is 15.7. The van der Waals surface area contributed by atoms with E-state index in [1.54, 1.807) is 42.5 Å². The van der Waals surface area contributed by atoms with Gasteiger partial charge in [0, 0.05) is 6.04 Å². The number of benzene rings is 2. The average molecular weight is 354 g/mol. The minimum atomic E-state index is -0.315. The third-order valence-corrected chi connectivity index (χ3v) is 3.90. The van der Waals surface area contributed by atoms with Crippen molar-refractivity contribution in [1.82, 2.24) is 5.32 Å². The highest BCUT2D eigenvalue weighted by Crippen LogP contribution is 2.22. The quantitative estimate of drug-likeness (QED) is 0.781. The summed E-state index contributed by atoms with van der Waals surface area (Å²) in [5.74, 6) is -0.00598. The van der Waals surface area contributed by atoms with Crippen molar-refractivity contribution in [2.45, 2.75) is 46.3 Å². The van der Waals surface area contributed by atoms with Gasteiger partial charge in [0.15, 0.2) is 0 Å². The van der Waals surface area contributed by atoms with E-state index in [0.29, 0.717) is 22.6 Å². The third-order valence-electron chi connectivity index (χ3n) is 3.90. The van der Waals surface area contributed by atoms with Crippen molar-refractivity contribution in [3.05, 3.63) is 59.7 Å². The first-order valence-electron chi connectivity index (χ1n) is 8.89. The number of para-hydroxylation sites is 2. The van der Waals surface area contributed by atoms with Crippen LogP contribution in [0.25, 0.3) is 0 Å². The van der Waals surface area contributed by atoms with Crippen molar-refractivity contribution in [2.24, 2.45) is 0 Å². The second-order valence-electron chi connectivity index (χ2n) is 6.45. The summed E-state index contributed by atoms with van der Waals surface area (Å²) in [7, 11) is 0. The molecule has 2 amide bonds. The van der Waals surface area contributed by atoms with Crippen LogP contribution in [0.3, 0.4) is 0 Å². The number of ether oxygens (including phenoxy) is 1. The van der Waals surface area contributed by atoms with Crippen molar-refractivity contribution >= 4 is 17.5 Å². The molecule has 2 rings (SSSR count). The SMILES string of the molecule is CC[C@H](C)NC(=O)c1ccccc1NC(=O)c1ccccc1OC(C)C. The summed E-state index contributed by atoms with van der Waals surface area (Å²) >= 11 is 0. The maximum atomic E-state index is 12.7. The van der Waals surface area contributed by atoms with Crippen LogP contribution in [0.5, 0.6) is 5.75 Å². The fraction of sp³-hybridized carbons (Fsp3) is 0.333. The Morgan fingerprint density at radius 2 is 1.54 bits per heavy atom.